The molecule has 146 valence electrons. The fraction of sp³-hybridized carbons (Fsp3) is 0.136. The Hall–Kier alpha value is -3.45. The second-order valence-electron chi connectivity index (χ2n) is 6.50. The van der Waals surface area contributed by atoms with Crippen molar-refractivity contribution < 1.29 is 9.53 Å². The van der Waals surface area contributed by atoms with Crippen molar-refractivity contribution in [3.8, 4) is 11.5 Å². The van der Waals surface area contributed by atoms with E-state index in [-0.39, 0.29) is 11.5 Å². The zero-order chi connectivity index (χ0) is 20.2. The number of rotatable bonds is 6. The number of nitrogens with one attached hydrogen (secondary N) is 1. The molecular weight excluding hydrogens is 386 g/mol. The highest BCUT2D eigenvalue weighted by Gasteiger charge is 2.13. The van der Waals surface area contributed by atoms with Gasteiger partial charge in [0.15, 0.2) is 4.96 Å². The molecule has 2 aromatic heterocycles. The Bertz CT molecular complexity index is 1210. The fourth-order valence-electron chi connectivity index (χ4n) is 3.02. The Morgan fingerprint density at radius 1 is 1.14 bits per heavy atom. The van der Waals surface area contributed by atoms with Gasteiger partial charge in [-0.2, -0.15) is 0 Å². The Balaban J connectivity index is 1.45. The zero-order valence-corrected chi connectivity index (χ0v) is 16.6. The van der Waals surface area contributed by atoms with Crippen molar-refractivity contribution in [2.24, 2.45) is 0 Å². The second-order valence-corrected chi connectivity index (χ2v) is 7.33. The van der Waals surface area contributed by atoms with Gasteiger partial charge in [0.1, 0.15) is 11.5 Å². The minimum Gasteiger partial charge on any atom is -0.457 e. The number of benzene rings is 2. The zero-order valence-electron chi connectivity index (χ0n) is 15.8. The Morgan fingerprint density at radius 3 is 2.72 bits per heavy atom. The van der Waals surface area contributed by atoms with Crippen LogP contribution in [0.5, 0.6) is 11.5 Å². The first-order valence-corrected chi connectivity index (χ1v) is 10.1. The lowest BCUT2D eigenvalue weighted by Gasteiger charge is -2.11. The van der Waals surface area contributed by atoms with Gasteiger partial charge in [-0.3, -0.25) is 14.0 Å². The van der Waals surface area contributed by atoms with Gasteiger partial charge >= 0.3 is 0 Å². The van der Waals surface area contributed by atoms with Crippen LogP contribution in [0.15, 0.2) is 70.8 Å². The first-order chi connectivity index (χ1) is 14.1. The van der Waals surface area contributed by atoms with Crippen molar-refractivity contribution in [3.05, 3.63) is 93.3 Å². The van der Waals surface area contributed by atoms with E-state index in [1.54, 1.807) is 29.5 Å². The van der Waals surface area contributed by atoms with Crippen molar-refractivity contribution in [2.45, 2.75) is 13.3 Å². The summed E-state index contributed by atoms with van der Waals surface area (Å²) in [5.74, 6) is 0.935. The van der Waals surface area contributed by atoms with E-state index in [9.17, 15) is 9.59 Å². The van der Waals surface area contributed by atoms with Crippen molar-refractivity contribution in [2.75, 3.05) is 6.54 Å². The van der Waals surface area contributed by atoms with E-state index in [2.05, 4.69) is 10.3 Å². The summed E-state index contributed by atoms with van der Waals surface area (Å²) >= 11 is 1.42. The van der Waals surface area contributed by atoms with Gasteiger partial charge in [-0.05, 0) is 31.2 Å². The quantitative estimate of drug-likeness (QED) is 0.529. The third-order valence-electron chi connectivity index (χ3n) is 4.37. The summed E-state index contributed by atoms with van der Waals surface area (Å²) in [5.41, 5.74) is 1.89. The van der Waals surface area contributed by atoms with E-state index in [1.165, 1.54) is 17.4 Å². The lowest BCUT2D eigenvalue weighted by molar-refractivity contribution is 0.0952. The molecule has 0 aliphatic rings. The van der Waals surface area contributed by atoms with Crippen molar-refractivity contribution in [3.63, 3.8) is 0 Å². The van der Waals surface area contributed by atoms with Crippen LogP contribution in [0.3, 0.4) is 0 Å². The normalized spacial score (nSPS) is 10.8. The molecule has 0 aliphatic carbocycles. The van der Waals surface area contributed by atoms with Crippen LogP contribution in [0.2, 0.25) is 0 Å². The first-order valence-electron chi connectivity index (χ1n) is 9.19. The maximum atomic E-state index is 12.7. The molecular formula is C22H19N3O3S. The smallest absolute Gasteiger partial charge is 0.258 e. The van der Waals surface area contributed by atoms with Gasteiger partial charge in [0.2, 0.25) is 0 Å². The standard InChI is InChI=1S/C22H19N3O3S/c1-15-13-20(26)25-16(14-29-22(25)24-15)11-12-23-21(27)18-9-5-6-10-19(18)28-17-7-3-2-4-8-17/h2-10,13-14H,11-12H2,1H3,(H,23,27). The van der Waals surface area contributed by atoms with E-state index in [4.69, 9.17) is 4.74 Å². The molecule has 0 atom stereocenters. The van der Waals surface area contributed by atoms with E-state index in [1.807, 2.05) is 41.8 Å². The van der Waals surface area contributed by atoms with Crippen LogP contribution in [0.4, 0.5) is 0 Å². The van der Waals surface area contributed by atoms with Gasteiger partial charge in [0.05, 0.1) is 5.56 Å². The maximum Gasteiger partial charge on any atom is 0.258 e. The van der Waals surface area contributed by atoms with Crippen LogP contribution >= 0.6 is 11.3 Å². The highest BCUT2D eigenvalue weighted by molar-refractivity contribution is 7.15. The van der Waals surface area contributed by atoms with E-state index >= 15 is 0 Å². The number of carbonyl (C=O) groups is 1. The summed E-state index contributed by atoms with van der Waals surface area (Å²) < 4.78 is 7.45. The number of ether oxygens (including phenoxy) is 1. The number of hydrogen-bond donors (Lipinski definition) is 1. The molecule has 0 unspecified atom stereocenters. The molecule has 0 spiro atoms. The Kier molecular flexibility index (Phi) is 5.39. The summed E-state index contributed by atoms with van der Waals surface area (Å²) in [7, 11) is 0. The molecule has 4 aromatic rings. The molecule has 0 radical (unpaired) electrons. The minimum absolute atomic E-state index is 0.100. The number of hydrogen-bond acceptors (Lipinski definition) is 5. The molecule has 0 saturated heterocycles. The number of para-hydroxylation sites is 2. The van der Waals surface area contributed by atoms with Gasteiger partial charge in [-0.15, -0.1) is 11.3 Å². The van der Waals surface area contributed by atoms with Gasteiger partial charge in [0, 0.05) is 35.8 Å². The highest BCUT2D eigenvalue weighted by Crippen LogP contribution is 2.25. The molecule has 2 aromatic carbocycles. The molecule has 0 saturated carbocycles. The molecule has 2 heterocycles. The molecule has 1 amide bonds. The van der Waals surface area contributed by atoms with E-state index in [0.29, 0.717) is 40.7 Å². The summed E-state index contributed by atoms with van der Waals surface area (Å²) in [4.78, 5) is 30.0. The fourth-order valence-corrected chi connectivity index (χ4v) is 3.99. The molecule has 4 rings (SSSR count). The van der Waals surface area contributed by atoms with Crippen LogP contribution < -0.4 is 15.6 Å². The number of fused-ring (bicyclic) bond motifs is 1. The lowest BCUT2D eigenvalue weighted by atomic mass is 10.2. The summed E-state index contributed by atoms with van der Waals surface area (Å²) in [6.45, 7) is 2.20. The molecule has 7 heteroatoms. The average molecular weight is 405 g/mol. The third-order valence-corrected chi connectivity index (χ3v) is 5.25. The predicted molar refractivity (Wildman–Crippen MR) is 113 cm³/mol. The van der Waals surface area contributed by atoms with Gasteiger partial charge < -0.3 is 10.1 Å². The minimum atomic E-state index is -0.225. The van der Waals surface area contributed by atoms with Crippen LogP contribution in [-0.2, 0) is 6.42 Å². The monoisotopic (exact) mass is 405 g/mol. The number of nitrogens with zero attached hydrogens (tertiary/aromatic N) is 2. The van der Waals surface area contributed by atoms with E-state index in [0.717, 1.165) is 5.69 Å². The number of amides is 1. The first kappa shape index (κ1) is 18.9. The van der Waals surface area contributed by atoms with Crippen molar-refractivity contribution in [1.82, 2.24) is 14.7 Å². The summed E-state index contributed by atoms with van der Waals surface area (Å²) in [6.07, 6.45) is 0.526. The average Bonchev–Trinajstić information content (AvgIpc) is 3.12. The van der Waals surface area contributed by atoms with Crippen molar-refractivity contribution >= 4 is 22.2 Å². The van der Waals surface area contributed by atoms with Gasteiger partial charge in [-0.1, -0.05) is 30.3 Å². The molecule has 1 N–H and O–H groups in total. The number of aryl methyl sites for hydroxylation is 1. The second kappa shape index (κ2) is 8.28. The number of aromatic nitrogens is 2. The largest absolute Gasteiger partial charge is 0.457 e. The molecule has 6 nitrogen and oxygen atoms in total. The molecule has 0 fully saturated rings. The van der Waals surface area contributed by atoms with Crippen molar-refractivity contribution in [1.29, 1.82) is 0 Å². The summed E-state index contributed by atoms with van der Waals surface area (Å²) in [6, 6.07) is 18.0. The maximum absolute atomic E-state index is 12.7. The highest BCUT2D eigenvalue weighted by atomic mass is 32.1. The lowest BCUT2D eigenvalue weighted by Crippen LogP contribution is -2.27. The molecule has 29 heavy (non-hydrogen) atoms. The van der Waals surface area contributed by atoms with Crippen LogP contribution in [-0.4, -0.2) is 21.8 Å². The third kappa shape index (κ3) is 4.20. The van der Waals surface area contributed by atoms with Crippen LogP contribution in [0, 0.1) is 6.92 Å². The Morgan fingerprint density at radius 2 is 1.90 bits per heavy atom. The summed E-state index contributed by atoms with van der Waals surface area (Å²) in [5, 5.41) is 4.81. The van der Waals surface area contributed by atoms with Crippen LogP contribution in [0.25, 0.3) is 4.96 Å². The van der Waals surface area contributed by atoms with E-state index < -0.39 is 0 Å². The molecule has 0 bridgehead atoms. The Labute approximate surface area is 171 Å². The van der Waals surface area contributed by atoms with Gasteiger partial charge in [-0.25, -0.2) is 4.98 Å². The van der Waals surface area contributed by atoms with Gasteiger partial charge in [0.25, 0.3) is 11.5 Å². The predicted octanol–water partition coefficient (Wildman–Crippen LogP) is 3.83. The SMILES string of the molecule is Cc1cc(=O)n2c(CCNC(=O)c3ccccc3Oc3ccccc3)csc2n1. The number of carbonyl (C=O) groups excluding carboxylic acids is 1. The number of thiazole rings is 1. The molecule has 0 aliphatic heterocycles. The van der Waals surface area contributed by atoms with Crippen LogP contribution in [0.1, 0.15) is 21.7 Å². The topological polar surface area (TPSA) is 72.7 Å².